The Morgan fingerprint density at radius 3 is 2.50 bits per heavy atom. The van der Waals surface area contributed by atoms with Gasteiger partial charge in [-0.15, -0.1) is 11.6 Å². The van der Waals surface area contributed by atoms with E-state index in [0.29, 0.717) is 5.75 Å². The number of halogens is 1. The molecule has 0 radical (unpaired) electrons. The predicted octanol–water partition coefficient (Wildman–Crippen LogP) is 3.44. The van der Waals surface area contributed by atoms with Gasteiger partial charge in [0, 0.05) is 5.56 Å². The van der Waals surface area contributed by atoms with E-state index in [4.69, 9.17) is 16.3 Å². The molecule has 1 aromatic carbocycles. The molecule has 0 unspecified atom stereocenters. The zero-order valence-corrected chi connectivity index (χ0v) is 10.9. The summed E-state index contributed by atoms with van der Waals surface area (Å²) >= 11 is 5.43. The third-order valence-corrected chi connectivity index (χ3v) is 2.50. The van der Waals surface area contributed by atoms with Gasteiger partial charge in [-0.05, 0) is 24.0 Å². The zero-order chi connectivity index (χ0) is 12.3. The Bertz CT molecular complexity index is 391. The molecule has 0 aliphatic heterocycles. The Labute approximate surface area is 102 Å². The molecule has 0 aromatic heterocycles. The zero-order valence-electron chi connectivity index (χ0n) is 10.1. The van der Waals surface area contributed by atoms with Gasteiger partial charge >= 0.3 is 5.97 Å². The molecule has 0 aliphatic rings. The fourth-order valence-corrected chi connectivity index (χ4v) is 1.54. The van der Waals surface area contributed by atoms with E-state index in [-0.39, 0.29) is 11.3 Å². The Kier molecular flexibility index (Phi) is 3.98. The number of esters is 1. The van der Waals surface area contributed by atoms with Gasteiger partial charge in [0.05, 0.1) is 0 Å². The van der Waals surface area contributed by atoms with Crippen LogP contribution in [0.1, 0.15) is 31.9 Å². The Hall–Kier alpha value is -1.02. The minimum Gasteiger partial charge on any atom is -0.425 e. The molecule has 0 spiro atoms. The standard InChI is InChI=1S/C13H17ClO2/c1-9-5-6-10(13(2,3)4)11(7-9)16-12(15)8-14/h5-7H,8H2,1-4H3. The number of rotatable bonds is 2. The average Bonchev–Trinajstić information content (AvgIpc) is 2.15. The van der Waals surface area contributed by atoms with Crippen LogP contribution in [0.3, 0.4) is 0 Å². The maximum absolute atomic E-state index is 11.2. The number of aryl methyl sites for hydroxylation is 1. The first-order chi connectivity index (χ1) is 7.34. The molecule has 0 N–H and O–H groups in total. The number of hydrogen-bond donors (Lipinski definition) is 0. The lowest BCUT2D eigenvalue weighted by atomic mass is 9.86. The van der Waals surface area contributed by atoms with E-state index in [0.717, 1.165) is 11.1 Å². The van der Waals surface area contributed by atoms with Gasteiger partial charge in [-0.3, -0.25) is 4.79 Å². The summed E-state index contributed by atoms with van der Waals surface area (Å²) in [4.78, 5) is 11.2. The van der Waals surface area contributed by atoms with Crippen molar-refractivity contribution < 1.29 is 9.53 Å². The van der Waals surface area contributed by atoms with Crippen LogP contribution in [0.25, 0.3) is 0 Å². The summed E-state index contributed by atoms with van der Waals surface area (Å²) in [6.45, 7) is 8.20. The molecule has 2 nitrogen and oxygen atoms in total. The topological polar surface area (TPSA) is 26.3 Å². The molecule has 3 heteroatoms. The third-order valence-electron chi connectivity index (χ3n) is 2.28. The van der Waals surface area contributed by atoms with E-state index in [9.17, 15) is 4.79 Å². The van der Waals surface area contributed by atoms with Gasteiger partial charge in [0.25, 0.3) is 0 Å². The van der Waals surface area contributed by atoms with Gasteiger partial charge in [0.2, 0.25) is 0 Å². The van der Waals surface area contributed by atoms with Crippen LogP contribution in [-0.4, -0.2) is 11.8 Å². The number of carbonyl (C=O) groups is 1. The van der Waals surface area contributed by atoms with Crippen LogP contribution in [0, 0.1) is 6.92 Å². The van der Waals surface area contributed by atoms with Crippen LogP contribution in [0.2, 0.25) is 0 Å². The van der Waals surface area contributed by atoms with Crippen LogP contribution in [0.15, 0.2) is 18.2 Å². The lowest BCUT2D eigenvalue weighted by Crippen LogP contribution is -2.17. The highest BCUT2D eigenvalue weighted by Gasteiger charge is 2.20. The summed E-state index contributed by atoms with van der Waals surface area (Å²) in [7, 11) is 0. The highest BCUT2D eigenvalue weighted by molar-refractivity contribution is 6.26. The first kappa shape index (κ1) is 13.0. The molecule has 0 fully saturated rings. The van der Waals surface area contributed by atoms with Gasteiger partial charge in [0.15, 0.2) is 0 Å². The largest absolute Gasteiger partial charge is 0.425 e. The van der Waals surface area contributed by atoms with Crippen molar-refractivity contribution in [2.45, 2.75) is 33.1 Å². The summed E-state index contributed by atoms with van der Waals surface area (Å²) < 4.78 is 5.23. The van der Waals surface area contributed by atoms with E-state index in [1.165, 1.54) is 0 Å². The lowest BCUT2D eigenvalue weighted by molar-refractivity contribution is -0.131. The molecule has 0 atom stereocenters. The fraction of sp³-hybridized carbons (Fsp3) is 0.462. The van der Waals surface area contributed by atoms with Crippen molar-refractivity contribution in [3.63, 3.8) is 0 Å². The summed E-state index contributed by atoms with van der Waals surface area (Å²) in [5.41, 5.74) is 2.01. The minimum absolute atomic E-state index is 0.0599. The second-order valence-electron chi connectivity index (χ2n) is 4.86. The van der Waals surface area contributed by atoms with Crippen molar-refractivity contribution in [3.05, 3.63) is 29.3 Å². The molecule has 0 heterocycles. The van der Waals surface area contributed by atoms with Gasteiger partial charge in [-0.1, -0.05) is 32.9 Å². The van der Waals surface area contributed by atoms with E-state index >= 15 is 0 Å². The van der Waals surface area contributed by atoms with Crippen molar-refractivity contribution in [1.29, 1.82) is 0 Å². The van der Waals surface area contributed by atoms with Gasteiger partial charge in [-0.25, -0.2) is 0 Å². The Balaban J connectivity index is 3.13. The molecule has 0 saturated heterocycles. The maximum atomic E-state index is 11.2. The van der Waals surface area contributed by atoms with Gasteiger partial charge < -0.3 is 4.74 Å². The molecule has 1 aromatic rings. The highest BCUT2D eigenvalue weighted by Crippen LogP contribution is 2.32. The molecular weight excluding hydrogens is 224 g/mol. The monoisotopic (exact) mass is 240 g/mol. The minimum atomic E-state index is -0.419. The van der Waals surface area contributed by atoms with Crippen molar-refractivity contribution >= 4 is 17.6 Å². The molecule has 0 saturated carbocycles. The van der Waals surface area contributed by atoms with Crippen molar-refractivity contribution in [1.82, 2.24) is 0 Å². The van der Waals surface area contributed by atoms with E-state index in [1.54, 1.807) is 0 Å². The van der Waals surface area contributed by atoms with Crippen LogP contribution in [0.5, 0.6) is 5.75 Å². The molecule has 0 amide bonds. The summed E-state index contributed by atoms with van der Waals surface area (Å²) in [6.07, 6.45) is 0. The highest BCUT2D eigenvalue weighted by atomic mass is 35.5. The van der Waals surface area contributed by atoms with Crippen molar-refractivity contribution in [2.24, 2.45) is 0 Å². The van der Waals surface area contributed by atoms with Gasteiger partial charge in [-0.2, -0.15) is 0 Å². The Morgan fingerprint density at radius 1 is 1.38 bits per heavy atom. The number of carbonyl (C=O) groups excluding carboxylic acids is 1. The van der Waals surface area contributed by atoms with Crippen LogP contribution in [-0.2, 0) is 10.2 Å². The third kappa shape index (κ3) is 3.24. The molecule has 1 rings (SSSR count). The molecular formula is C13H17ClO2. The number of alkyl halides is 1. The van der Waals surface area contributed by atoms with E-state index in [2.05, 4.69) is 20.8 Å². The molecule has 0 bridgehead atoms. The quantitative estimate of drug-likeness (QED) is 0.450. The first-order valence-electron chi connectivity index (χ1n) is 5.22. The second kappa shape index (κ2) is 4.88. The SMILES string of the molecule is Cc1ccc(C(C)(C)C)c(OC(=O)CCl)c1. The number of ether oxygens (including phenoxy) is 1. The smallest absolute Gasteiger partial charge is 0.326 e. The van der Waals surface area contributed by atoms with Crippen molar-refractivity contribution in [2.75, 3.05) is 5.88 Å². The number of benzene rings is 1. The second-order valence-corrected chi connectivity index (χ2v) is 5.12. The maximum Gasteiger partial charge on any atom is 0.326 e. The van der Waals surface area contributed by atoms with E-state index < -0.39 is 5.97 Å². The summed E-state index contributed by atoms with van der Waals surface area (Å²) in [5.74, 6) is 0.0632. The van der Waals surface area contributed by atoms with Crippen molar-refractivity contribution in [3.8, 4) is 5.75 Å². The number of hydrogen-bond acceptors (Lipinski definition) is 2. The summed E-state index contributed by atoms with van der Waals surface area (Å²) in [6, 6.07) is 5.87. The summed E-state index contributed by atoms with van der Waals surface area (Å²) in [5, 5.41) is 0. The normalized spacial score (nSPS) is 11.3. The lowest BCUT2D eigenvalue weighted by Gasteiger charge is -2.22. The van der Waals surface area contributed by atoms with E-state index in [1.807, 2.05) is 25.1 Å². The van der Waals surface area contributed by atoms with Crippen LogP contribution < -0.4 is 4.74 Å². The molecule has 88 valence electrons. The fourth-order valence-electron chi connectivity index (χ4n) is 1.48. The molecule has 0 aliphatic carbocycles. The van der Waals surface area contributed by atoms with Crippen LogP contribution in [0.4, 0.5) is 0 Å². The van der Waals surface area contributed by atoms with Gasteiger partial charge in [0.1, 0.15) is 11.6 Å². The predicted molar refractivity (Wildman–Crippen MR) is 66.2 cm³/mol. The molecule has 16 heavy (non-hydrogen) atoms. The first-order valence-corrected chi connectivity index (χ1v) is 5.76. The average molecular weight is 241 g/mol. The van der Waals surface area contributed by atoms with Crippen LogP contribution >= 0.6 is 11.6 Å². The Morgan fingerprint density at radius 2 is 2.00 bits per heavy atom.